The van der Waals surface area contributed by atoms with Crippen LogP contribution in [-0.4, -0.2) is 11.8 Å². The Morgan fingerprint density at radius 1 is 1.33 bits per heavy atom. The van der Waals surface area contributed by atoms with E-state index in [0.29, 0.717) is 0 Å². The second-order valence-electron chi connectivity index (χ2n) is 3.56. The molecular formula is C9H11NO2. The van der Waals surface area contributed by atoms with E-state index in [0.717, 1.165) is 12.8 Å². The topological polar surface area (TPSA) is 46.2 Å². The third kappa shape index (κ3) is 0.967. The van der Waals surface area contributed by atoms with E-state index in [2.05, 4.69) is 11.4 Å². The number of hydrogen-bond donors (Lipinski definition) is 1. The number of carbonyl (C=O) groups is 2. The molecule has 2 aliphatic rings. The molecule has 0 aromatic heterocycles. The van der Waals surface area contributed by atoms with Gasteiger partial charge in [0.1, 0.15) is 0 Å². The third-order valence-corrected chi connectivity index (χ3v) is 2.67. The molecule has 0 aromatic carbocycles. The van der Waals surface area contributed by atoms with E-state index in [9.17, 15) is 9.59 Å². The fourth-order valence-electron chi connectivity index (χ4n) is 1.94. The summed E-state index contributed by atoms with van der Waals surface area (Å²) in [6.07, 6.45) is 3.54. The smallest absolute Gasteiger partial charge is 0.230 e. The van der Waals surface area contributed by atoms with Gasteiger partial charge in [0.25, 0.3) is 0 Å². The summed E-state index contributed by atoms with van der Waals surface area (Å²) in [5.74, 6) is -0.338. The average molecular weight is 165 g/mol. The fourth-order valence-corrected chi connectivity index (χ4v) is 1.94. The number of rotatable bonds is 0. The van der Waals surface area contributed by atoms with Crippen molar-refractivity contribution in [1.82, 2.24) is 5.32 Å². The van der Waals surface area contributed by atoms with Crippen LogP contribution >= 0.6 is 0 Å². The lowest BCUT2D eigenvalue weighted by molar-refractivity contribution is -0.126. The second-order valence-corrected chi connectivity index (χ2v) is 3.56. The van der Waals surface area contributed by atoms with Crippen LogP contribution in [0.4, 0.5) is 0 Å². The maximum atomic E-state index is 11.2. The highest BCUT2D eigenvalue weighted by Gasteiger charge is 2.42. The van der Waals surface area contributed by atoms with E-state index in [4.69, 9.17) is 0 Å². The number of fused-ring (bicyclic) bond motifs is 1. The van der Waals surface area contributed by atoms with Crippen molar-refractivity contribution in [1.29, 1.82) is 0 Å². The van der Waals surface area contributed by atoms with Gasteiger partial charge in [-0.25, -0.2) is 0 Å². The van der Waals surface area contributed by atoms with Crippen molar-refractivity contribution < 1.29 is 9.59 Å². The van der Waals surface area contributed by atoms with Crippen LogP contribution in [-0.2, 0) is 9.59 Å². The van der Waals surface area contributed by atoms with Crippen molar-refractivity contribution in [3.63, 3.8) is 0 Å². The summed E-state index contributed by atoms with van der Waals surface area (Å²) in [4.78, 5) is 22.4. The maximum Gasteiger partial charge on any atom is 0.230 e. The van der Waals surface area contributed by atoms with Gasteiger partial charge in [-0.15, -0.1) is 0 Å². The molecule has 12 heavy (non-hydrogen) atoms. The summed E-state index contributed by atoms with van der Waals surface area (Å²) in [6.45, 7) is 2.01. The molecular weight excluding hydrogens is 154 g/mol. The van der Waals surface area contributed by atoms with E-state index >= 15 is 0 Å². The second kappa shape index (κ2) is 2.44. The predicted molar refractivity (Wildman–Crippen MR) is 43.1 cm³/mol. The monoisotopic (exact) mass is 165 g/mol. The Morgan fingerprint density at radius 3 is 2.75 bits per heavy atom. The van der Waals surface area contributed by atoms with Crippen molar-refractivity contribution in [2.75, 3.05) is 0 Å². The molecule has 1 aliphatic heterocycles. The van der Waals surface area contributed by atoms with Gasteiger partial charge in [0.2, 0.25) is 11.8 Å². The van der Waals surface area contributed by atoms with Crippen molar-refractivity contribution in [2.24, 2.45) is 11.8 Å². The number of carbonyl (C=O) groups excluding carboxylic acids is 2. The van der Waals surface area contributed by atoms with Crippen LogP contribution in [0.25, 0.3) is 0 Å². The molecule has 0 unspecified atom stereocenters. The largest absolute Gasteiger partial charge is 0.296 e. The van der Waals surface area contributed by atoms with Gasteiger partial charge in [-0.2, -0.15) is 0 Å². The average Bonchev–Trinajstić information content (AvgIpc) is 2.28. The Morgan fingerprint density at radius 2 is 2.00 bits per heavy atom. The van der Waals surface area contributed by atoms with Crippen LogP contribution < -0.4 is 5.32 Å². The summed E-state index contributed by atoms with van der Waals surface area (Å²) in [5, 5.41) is 2.37. The Hall–Kier alpha value is -1.12. The maximum absolute atomic E-state index is 11.2. The first kappa shape index (κ1) is 7.53. The lowest BCUT2D eigenvalue weighted by atomic mass is 9.82. The Balaban J connectivity index is 2.27. The molecule has 0 radical (unpaired) electrons. The minimum absolute atomic E-state index is 0.0810. The molecule has 1 N–H and O–H groups in total. The van der Waals surface area contributed by atoms with Gasteiger partial charge in [-0.3, -0.25) is 14.9 Å². The van der Waals surface area contributed by atoms with Gasteiger partial charge in [0.05, 0.1) is 11.8 Å². The number of allylic oxidation sites excluding steroid dienone is 2. The van der Waals surface area contributed by atoms with Crippen molar-refractivity contribution in [3.8, 4) is 0 Å². The third-order valence-electron chi connectivity index (χ3n) is 2.67. The van der Waals surface area contributed by atoms with Crippen molar-refractivity contribution in [3.05, 3.63) is 11.6 Å². The molecule has 0 spiro atoms. The molecule has 3 nitrogen and oxygen atoms in total. The molecule has 1 saturated heterocycles. The zero-order valence-electron chi connectivity index (χ0n) is 6.96. The summed E-state index contributed by atoms with van der Waals surface area (Å²) >= 11 is 0. The van der Waals surface area contributed by atoms with E-state index in [1.165, 1.54) is 5.57 Å². The summed E-state index contributed by atoms with van der Waals surface area (Å²) in [6, 6.07) is 0. The Labute approximate surface area is 70.8 Å². The van der Waals surface area contributed by atoms with Crippen LogP contribution in [0.1, 0.15) is 19.8 Å². The standard InChI is InChI=1S/C9H11NO2/c1-5-2-3-6-7(4-5)9(12)10-8(6)11/h2,6-7H,3-4H2,1H3,(H,10,11,12)/t6-,7+/m1/s1. The van der Waals surface area contributed by atoms with Gasteiger partial charge in [-0.05, 0) is 19.8 Å². The molecule has 2 amide bonds. The van der Waals surface area contributed by atoms with E-state index in [1.807, 2.05) is 6.92 Å². The van der Waals surface area contributed by atoms with E-state index in [-0.39, 0.29) is 23.7 Å². The summed E-state index contributed by atoms with van der Waals surface area (Å²) in [5.41, 5.74) is 1.22. The SMILES string of the molecule is CC1=CC[C@H]2C(=O)NC(=O)[C@H]2C1. The molecule has 1 heterocycles. The summed E-state index contributed by atoms with van der Waals surface area (Å²) < 4.78 is 0. The van der Waals surface area contributed by atoms with Crippen LogP contribution in [0.15, 0.2) is 11.6 Å². The number of hydrogen-bond acceptors (Lipinski definition) is 2. The molecule has 1 fully saturated rings. The highest BCUT2D eigenvalue weighted by molar-refractivity contribution is 6.05. The van der Waals surface area contributed by atoms with Crippen molar-refractivity contribution >= 4 is 11.8 Å². The number of nitrogens with one attached hydrogen (secondary N) is 1. The minimum Gasteiger partial charge on any atom is -0.296 e. The summed E-state index contributed by atoms with van der Waals surface area (Å²) in [7, 11) is 0. The van der Waals surface area contributed by atoms with Crippen molar-refractivity contribution in [2.45, 2.75) is 19.8 Å². The quantitative estimate of drug-likeness (QED) is 0.422. The molecule has 0 saturated carbocycles. The first-order chi connectivity index (χ1) is 5.68. The van der Waals surface area contributed by atoms with Gasteiger partial charge in [-0.1, -0.05) is 11.6 Å². The zero-order valence-corrected chi connectivity index (χ0v) is 6.96. The number of imide groups is 1. The van der Waals surface area contributed by atoms with Crippen LogP contribution in [0.3, 0.4) is 0 Å². The van der Waals surface area contributed by atoms with Gasteiger partial charge < -0.3 is 0 Å². The highest BCUT2D eigenvalue weighted by Crippen LogP contribution is 2.33. The lowest BCUT2D eigenvalue weighted by Crippen LogP contribution is -2.22. The van der Waals surface area contributed by atoms with Gasteiger partial charge >= 0.3 is 0 Å². The molecule has 2 atom stereocenters. The van der Waals surface area contributed by atoms with Gasteiger partial charge in [0, 0.05) is 0 Å². The minimum atomic E-state index is -0.0891. The number of amides is 2. The zero-order chi connectivity index (χ0) is 8.72. The Bertz CT molecular complexity index is 280. The first-order valence-electron chi connectivity index (χ1n) is 4.19. The predicted octanol–water partition coefficient (Wildman–Crippen LogP) is 0.615. The fraction of sp³-hybridized carbons (Fsp3) is 0.556. The molecule has 3 heteroatoms. The van der Waals surface area contributed by atoms with E-state index < -0.39 is 0 Å². The van der Waals surface area contributed by atoms with Crippen LogP contribution in [0, 0.1) is 11.8 Å². The molecule has 1 aliphatic carbocycles. The van der Waals surface area contributed by atoms with E-state index in [1.54, 1.807) is 0 Å². The molecule has 2 rings (SSSR count). The van der Waals surface area contributed by atoms with Crippen LogP contribution in [0.5, 0.6) is 0 Å². The Kier molecular flexibility index (Phi) is 1.53. The van der Waals surface area contributed by atoms with Crippen LogP contribution in [0.2, 0.25) is 0 Å². The molecule has 0 aromatic rings. The normalized spacial score (nSPS) is 34.2. The first-order valence-corrected chi connectivity index (χ1v) is 4.19. The van der Waals surface area contributed by atoms with Gasteiger partial charge in [0.15, 0.2) is 0 Å². The molecule has 64 valence electrons. The lowest BCUT2D eigenvalue weighted by Gasteiger charge is -2.19. The molecule has 0 bridgehead atoms. The highest BCUT2D eigenvalue weighted by atomic mass is 16.2.